The number of benzene rings is 2. The molecule has 2 aromatic rings. The van der Waals surface area contributed by atoms with Crippen molar-refractivity contribution in [1.82, 2.24) is 0 Å². The Morgan fingerprint density at radius 1 is 1.22 bits per heavy atom. The highest BCUT2D eigenvalue weighted by Gasteiger charge is 2.40. The molecule has 32 heavy (non-hydrogen) atoms. The van der Waals surface area contributed by atoms with E-state index in [4.69, 9.17) is 9.47 Å². The van der Waals surface area contributed by atoms with E-state index in [-0.39, 0.29) is 24.4 Å². The largest absolute Gasteiger partial charge is 0.486 e. The summed E-state index contributed by atoms with van der Waals surface area (Å²) >= 11 is 3.28. The first-order valence-electron chi connectivity index (χ1n) is 9.50. The van der Waals surface area contributed by atoms with Crippen LogP contribution in [0.5, 0.6) is 5.75 Å². The number of halogens is 4. The molecule has 0 aliphatic carbocycles. The molecule has 0 unspecified atom stereocenters. The third-order valence-electron chi connectivity index (χ3n) is 5.08. The molecule has 1 aliphatic heterocycles. The van der Waals surface area contributed by atoms with Crippen LogP contribution in [0.15, 0.2) is 51.8 Å². The minimum absolute atomic E-state index is 0.129. The highest BCUT2D eigenvalue weighted by Crippen LogP contribution is 2.41. The number of sulfonamides is 1. The van der Waals surface area contributed by atoms with Crippen molar-refractivity contribution in [3.63, 3.8) is 0 Å². The van der Waals surface area contributed by atoms with Crippen LogP contribution in [0.4, 0.5) is 18.9 Å². The number of hydrogen-bond donors (Lipinski definition) is 0. The van der Waals surface area contributed by atoms with E-state index in [1.54, 1.807) is 26.0 Å². The summed E-state index contributed by atoms with van der Waals surface area (Å²) in [6.07, 6.45) is -5.30. The fourth-order valence-electron chi connectivity index (χ4n) is 3.51. The van der Waals surface area contributed by atoms with E-state index in [1.807, 2.05) is 0 Å². The van der Waals surface area contributed by atoms with Gasteiger partial charge in [0.2, 0.25) is 0 Å². The normalized spacial score (nSPS) is 16.8. The van der Waals surface area contributed by atoms with Gasteiger partial charge in [-0.1, -0.05) is 22.0 Å². The van der Waals surface area contributed by atoms with Crippen molar-refractivity contribution < 1.29 is 35.9 Å². The lowest BCUT2D eigenvalue weighted by molar-refractivity contribution is -0.152. The first kappa shape index (κ1) is 24.4. The highest BCUT2D eigenvalue weighted by molar-refractivity contribution is 9.10. The molecule has 11 heteroatoms. The topological polar surface area (TPSA) is 72.9 Å². The van der Waals surface area contributed by atoms with Crippen molar-refractivity contribution in [2.75, 3.05) is 18.0 Å². The van der Waals surface area contributed by atoms with Crippen molar-refractivity contribution >= 4 is 37.6 Å². The quantitative estimate of drug-likeness (QED) is 0.503. The van der Waals surface area contributed by atoms with Crippen LogP contribution in [0.1, 0.15) is 25.8 Å². The summed E-state index contributed by atoms with van der Waals surface area (Å²) in [4.78, 5) is 11.6. The Kier molecular flexibility index (Phi) is 6.54. The molecule has 1 aliphatic rings. The van der Waals surface area contributed by atoms with Gasteiger partial charge in [0.15, 0.2) is 0 Å². The molecule has 0 amide bonds. The summed E-state index contributed by atoms with van der Waals surface area (Å²) in [7, 11) is -3.12. The van der Waals surface area contributed by atoms with Crippen molar-refractivity contribution in [3.8, 4) is 5.75 Å². The maximum Gasteiger partial charge on any atom is 0.416 e. The Morgan fingerprint density at radius 2 is 1.91 bits per heavy atom. The third-order valence-corrected chi connectivity index (χ3v) is 7.35. The van der Waals surface area contributed by atoms with Gasteiger partial charge in [-0.3, -0.25) is 9.10 Å². The Bertz CT molecular complexity index is 1130. The van der Waals surface area contributed by atoms with E-state index in [0.717, 1.165) is 22.5 Å². The second-order valence-corrected chi connectivity index (χ2v) is 10.8. The van der Waals surface area contributed by atoms with Gasteiger partial charge in [-0.25, -0.2) is 8.42 Å². The summed E-state index contributed by atoms with van der Waals surface area (Å²) in [5.41, 5.74) is -1.86. The molecule has 3 rings (SSSR count). The van der Waals surface area contributed by atoms with Gasteiger partial charge < -0.3 is 9.47 Å². The van der Waals surface area contributed by atoms with Gasteiger partial charge in [0, 0.05) is 10.9 Å². The second-order valence-electron chi connectivity index (χ2n) is 7.99. The van der Waals surface area contributed by atoms with E-state index in [2.05, 4.69) is 15.9 Å². The van der Waals surface area contributed by atoms with Crippen LogP contribution < -0.4 is 9.04 Å². The monoisotopic (exact) mass is 535 g/mol. The van der Waals surface area contributed by atoms with Gasteiger partial charge in [-0.2, -0.15) is 13.2 Å². The maximum atomic E-state index is 13.4. The number of rotatable bonds is 5. The number of esters is 1. The molecule has 0 fully saturated rings. The Morgan fingerprint density at radius 3 is 2.53 bits per heavy atom. The standard InChI is InChI=1S/C21H21BrF3NO5S/c1-20(2,19(27)30-3)11-15-12-26(17-10-14(22)7-8-18(17)31-15)32(28,29)16-6-4-5-13(9-16)21(23,24)25/h4-10,15H,11-12H2,1-3H3/t15-/m0/s1. The van der Waals surface area contributed by atoms with Crippen LogP contribution in [0.2, 0.25) is 0 Å². The SMILES string of the molecule is COC(=O)C(C)(C)C[C@H]1CN(S(=O)(=O)c2cccc(C(F)(F)F)c2)c2cc(Br)ccc2O1. The van der Waals surface area contributed by atoms with Gasteiger partial charge in [-0.15, -0.1) is 0 Å². The van der Waals surface area contributed by atoms with Gasteiger partial charge in [0.1, 0.15) is 11.9 Å². The first-order valence-corrected chi connectivity index (χ1v) is 11.7. The van der Waals surface area contributed by atoms with E-state index < -0.39 is 44.1 Å². The van der Waals surface area contributed by atoms with Gasteiger partial charge in [0.05, 0.1) is 35.2 Å². The van der Waals surface area contributed by atoms with Crippen LogP contribution in [-0.4, -0.2) is 34.1 Å². The molecule has 0 bridgehead atoms. The minimum Gasteiger partial charge on any atom is -0.486 e. The summed E-state index contributed by atoms with van der Waals surface area (Å²) in [6, 6.07) is 8.32. The van der Waals surface area contributed by atoms with Gasteiger partial charge in [0.25, 0.3) is 10.0 Å². The van der Waals surface area contributed by atoms with Crippen molar-refractivity contribution in [3.05, 3.63) is 52.5 Å². The zero-order valence-electron chi connectivity index (χ0n) is 17.4. The van der Waals surface area contributed by atoms with Crippen molar-refractivity contribution in [2.45, 2.75) is 37.4 Å². The third kappa shape index (κ3) is 4.88. The molecule has 1 atom stereocenters. The molecule has 0 saturated carbocycles. The molecule has 0 spiro atoms. The average Bonchev–Trinajstić information content (AvgIpc) is 2.72. The predicted molar refractivity (Wildman–Crippen MR) is 115 cm³/mol. The zero-order valence-corrected chi connectivity index (χ0v) is 19.8. The molecule has 6 nitrogen and oxygen atoms in total. The van der Waals surface area contributed by atoms with Crippen LogP contribution in [0.25, 0.3) is 0 Å². The predicted octanol–water partition coefficient (Wildman–Crippen LogP) is 5.01. The fraction of sp³-hybridized carbons (Fsp3) is 0.381. The minimum atomic E-state index is -4.69. The first-order chi connectivity index (χ1) is 14.8. The lowest BCUT2D eigenvalue weighted by Gasteiger charge is -2.38. The van der Waals surface area contributed by atoms with Crippen LogP contribution in [-0.2, 0) is 25.7 Å². The molecular formula is C21H21BrF3NO5S. The summed E-state index contributed by atoms with van der Waals surface area (Å²) < 4.78 is 78.7. The number of carbonyl (C=O) groups is 1. The van der Waals surface area contributed by atoms with Crippen molar-refractivity contribution in [2.24, 2.45) is 5.41 Å². The fourth-order valence-corrected chi connectivity index (χ4v) is 5.40. The maximum absolute atomic E-state index is 13.4. The second kappa shape index (κ2) is 8.58. The van der Waals surface area contributed by atoms with E-state index >= 15 is 0 Å². The van der Waals surface area contributed by atoms with Gasteiger partial charge >= 0.3 is 12.1 Å². The number of alkyl halides is 3. The zero-order chi connectivity index (χ0) is 23.9. The molecule has 0 N–H and O–H groups in total. The number of fused-ring (bicyclic) bond motifs is 1. The Balaban J connectivity index is 2.05. The molecule has 1 heterocycles. The number of carbonyl (C=O) groups excluding carboxylic acids is 1. The molecule has 0 radical (unpaired) electrons. The number of hydrogen-bond acceptors (Lipinski definition) is 5. The van der Waals surface area contributed by atoms with Crippen molar-refractivity contribution in [1.29, 1.82) is 0 Å². The van der Waals surface area contributed by atoms with E-state index in [9.17, 15) is 26.4 Å². The summed E-state index contributed by atoms with van der Waals surface area (Å²) in [5.74, 6) is -0.254. The Labute approximate surface area is 192 Å². The number of methoxy groups -OCH3 is 1. The lowest BCUT2D eigenvalue weighted by Crippen LogP contribution is -2.46. The summed E-state index contributed by atoms with van der Waals surface area (Å²) in [6.45, 7) is 3.10. The smallest absolute Gasteiger partial charge is 0.416 e. The number of ether oxygens (including phenoxy) is 2. The number of nitrogens with zero attached hydrogens (tertiary/aromatic N) is 1. The molecular weight excluding hydrogens is 515 g/mol. The number of anilines is 1. The molecule has 2 aromatic carbocycles. The average molecular weight is 536 g/mol. The molecule has 174 valence electrons. The van der Waals surface area contributed by atoms with Crippen LogP contribution in [0, 0.1) is 5.41 Å². The lowest BCUT2D eigenvalue weighted by atomic mass is 9.86. The molecule has 0 aromatic heterocycles. The Hall–Kier alpha value is -2.27. The van der Waals surface area contributed by atoms with E-state index in [0.29, 0.717) is 10.5 Å². The molecule has 0 saturated heterocycles. The van der Waals surface area contributed by atoms with Crippen LogP contribution >= 0.6 is 15.9 Å². The summed E-state index contributed by atoms with van der Waals surface area (Å²) in [5, 5.41) is 0. The van der Waals surface area contributed by atoms with E-state index in [1.165, 1.54) is 13.2 Å². The van der Waals surface area contributed by atoms with Gasteiger partial charge in [-0.05, 0) is 50.2 Å². The highest BCUT2D eigenvalue weighted by atomic mass is 79.9. The van der Waals surface area contributed by atoms with Crippen LogP contribution in [0.3, 0.4) is 0 Å².